The number of anilines is 1. The number of rotatable bonds is 3. The molecule has 7 heteroatoms. The van der Waals surface area contributed by atoms with Gasteiger partial charge in [-0.15, -0.1) is 0 Å². The first kappa shape index (κ1) is 12.9. The van der Waals surface area contributed by atoms with Crippen molar-refractivity contribution in [3.63, 3.8) is 0 Å². The Bertz CT molecular complexity index is 551. The van der Waals surface area contributed by atoms with Crippen molar-refractivity contribution < 1.29 is 24.2 Å². The third-order valence-corrected chi connectivity index (χ3v) is 2.37. The van der Waals surface area contributed by atoms with Crippen LogP contribution < -0.4 is 4.90 Å². The van der Waals surface area contributed by atoms with E-state index >= 15 is 0 Å². The summed E-state index contributed by atoms with van der Waals surface area (Å²) in [5, 5.41) is 8.54. The molecule has 0 unspecified atom stereocenters. The molecule has 0 aliphatic carbocycles. The van der Waals surface area contributed by atoms with Crippen LogP contribution in [0.2, 0.25) is 0 Å². The SMILES string of the molecule is O=C(O)/C=C/c1ccnc(N2C(=O)COCC2=O)c1. The molecule has 98 valence electrons. The average Bonchev–Trinajstić information content (AvgIpc) is 2.37. The summed E-state index contributed by atoms with van der Waals surface area (Å²) in [4.78, 5) is 38.5. The molecule has 2 heterocycles. The number of imide groups is 1. The molecule has 0 saturated carbocycles. The van der Waals surface area contributed by atoms with Crippen LogP contribution in [0.25, 0.3) is 6.08 Å². The maximum absolute atomic E-state index is 11.6. The Morgan fingerprint density at radius 3 is 2.68 bits per heavy atom. The first-order valence-electron chi connectivity index (χ1n) is 5.38. The first-order chi connectivity index (χ1) is 9.08. The predicted octanol–water partition coefficient (Wildman–Crippen LogP) is 0.0692. The second-order valence-electron chi connectivity index (χ2n) is 3.73. The van der Waals surface area contributed by atoms with E-state index in [-0.39, 0.29) is 19.0 Å². The highest BCUT2D eigenvalue weighted by atomic mass is 16.5. The number of nitrogens with zero attached hydrogens (tertiary/aromatic N) is 2. The summed E-state index contributed by atoms with van der Waals surface area (Å²) >= 11 is 0. The number of ether oxygens (including phenoxy) is 1. The van der Waals surface area contributed by atoms with Gasteiger partial charge in [0.15, 0.2) is 0 Å². The minimum absolute atomic E-state index is 0.158. The smallest absolute Gasteiger partial charge is 0.328 e. The molecule has 0 radical (unpaired) electrons. The fourth-order valence-electron chi connectivity index (χ4n) is 1.58. The second-order valence-corrected chi connectivity index (χ2v) is 3.73. The Balaban J connectivity index is 2.29. The molecule has 1 aromatic heterocycles. The van der Waals surface area contributed by atoms with Crippen LogP contribution in [-0.4, -0.2) is 41.1 Å². The van der Waals surface area contributed by atoms with Crippen molar-refractivity contribution in [3.8, 4) is 0 Å². The largest absolute Gasteiger partial charge is 0.478 e. The van der Waals surface area contributed by atoms with E-state index in [0.29, 0.717) is 5.56 Å². The third kappa shape index (κ3) is 3.02. The van der Waals surface area contributed by atoms with E-state index in [1.165, 1.54) is 18.3 Å². The molecule has 19 heavy (non-hydrogen) atoms. The van der Waals surface area contributed by atoms with Gasteiger partial charge in [-0.2, -0.15) is 0 Å². The van der Waals surface area contributed by atoms with E-state index < -0.39 is 17.8 Å². The highest BCUT2D eigenvalue weighted by Gasteiger charge is 2.29. The normalized spacial score (nSPS) is 16.1. The highest BCUT2D eigenvalue weighted by molar-refractivity contribution is 6.16. The number of aromatic nitrogens is 1. The molecule has 1 aliphatic heterocycles. The lowest BCUT2D eigenvalue weighted by Crippen LogP contribution is -2.46. The van der Waals surface area contributed by atoms with Crippen LogP contribution in [0.5, 0.6) is 0 Å². The Labute approximate surface area is 108 Å². The van der Waals surface area contributed by atoms with Crippen molar-refractivity contribution in [2.75, 3.05) is 18.1 Å². The van der Waals surface area contributed by atoms with Gasteiger partial charge in [0.2, 0.25) is 0 Å². The molecule has 1 N–H and O–H groups in total. The van der Waals surface area contributed by atoms with E-state index in [9.17, 15) is 14.4 Å². The highest BCUT2D eigenvalue weighted by Crippen LogP contribution is 2.16. The van der Waals surface area contributed by atoms with Gasteiger partial charge in [-0.1, -0.05) is 0 Å². The number of carboxylic acid groups (broad SMARTS) is 1. The molecule has 0 bridgehead atoms. The molecular weight excluding hydrogens is 252 g/mol. The van der Waals surface area contributed by atoms with E-state index in [0.717, 1.165) is 11.0 Å². The van der Waals surface area contributed by atoms with E-state index in [4.69, 9.17) is 9.84 Å². The molecule has 1 aliphatic rings. The number of hydrogen-bond donors (Lipinski definition) is 1. The zero-order chi connectivity index (χ0) is 13.8. The number of carbonyl (C=O) groups is 3. The minimum Gasteiger partial charge on any atom is -0.478 e. The molecule has 2 amide bonds. The van der Waals surface area contributed by atoms with Crippen molar-refractivity contribution >= 4 is 29.7 Å². The molecule has 0 spiro atoms. The van der Waals surface area contributed by atoms with Gasteiger partial charge >= 0.3 is 5.97 Å². The van der Waals surface area contributed by atoms with E-state index in [1.54, 1.807) is 6.07 Å². The lowest BCUT2D eigenvalue weighted by Gasteiger charge is -2.23. The van der Waals surface area contributed by atoms with Gasteiger partial charge in [0.05, 0.1) is 0 Å². The van der Waals surface area contributed by atoms with Crippen LogP contribution in [0, 0.1) is 0 Å². The average molecular weight is 262 g/mol. The van der Waals surface area contributed by atoms with E-state index in [2.05, 4.69) is 4.98 Å². The summed E-state index contributed by atoms with van der Waals surface area (Å²) in [7, 11) is 0. The quantitative estimate of drug-likeness (QED) is 0.611. The molecule has 1 saturated heterocycles. The summed E-state index contributed by atoms with van der Waals surface area (Å²) in [6, 6.07) is 3.03. The summed E-state index contributed by atoms with van der Waals surface area (Å²) in [6.07, 6.45) is 3.71. The van der Waals surface area contributed by atoms with E-state index in [1.807, 2.05) is 0 Å². The van der Waals surface area contributed by atoms with Crippen molar-refractivity contribution in [2.24, 2.45) is 0 Å². The zero-order valence-corrected chi connectivity index (χ0v) is 9.78. The molecule has 1 fully saturated rings. The number of amides is 2. The Hall–Kier alpha value is -2.54. The number of pyridine rings is 1. The van der Waals surface area contributed by atoms with Gasteiger partial charge in [-0.3, -0.25) is 9.59 Å². The van der Waals surface area contributed by atoms with Crippen molar-refractivity contribution in [2.45, 2.75) is 0 Å². The van der Waals surface area contributed by atoms with Crippen LogP contribution >= 0.6 is 0 Å². The Morgan fingerprint density at radius 2 is 2.05 bits per heavy atom. The van der Waals surface area contributed by atoms with Crippen molar-refractivity contribution in [1.82, 2.24) is 4.98 Å². The van der Waals surface area contributed by atoms with Gasteiger partial charge in [-0.05, 0) is 23.8 Å². The fraction of sp³-hybridized carbons (Fsp3) is 0.167. The Morgan fingerprint density at radius 1 is 1.37 bits per heavy atom. The summed E-state index contributed by atoms with van der Waals surface area (Å²) in [5.41, 5.74) is 0.527. The standard InChI is InChI=1S/C12H10N2O5/c15-10-6-19-7-11(16)14(10)9-5-8(3-4-13-9)1-2-12(17)18/h1-5H,6-7H2,(H,17,18)/b2-1+. The monoisotopic (exact) mass is 262 g/mol. The first-order valence-corrected chi connectivity index (χ1v) is 5.38. The topological polar surface area (TPSA) is 96.8 Å². The lowest BCUT2D eigenvalue weighted by atomic mass is 10.2. The van der Waals surface area contributed by atoms with Gasteiger partial charge < -0.3 is 9.84 Å². The van der Waals surface area contributed by atoms with Crippen LogP contribution in [0.1, 0.15) is 5.56 Å². The number of hydrogen-bond acceptors (Lipinski definition) is 5. The zero-order valence-electron chi connectivity index (χ0n) is 9.78. The van der Waals surface area contributed by atoms with Crippen LogP contribution in [-0.2, 0) is 19.1 Å². The Kier molecular flexibility index (Phi) is 3.67. The van der Waals surface area contributed by atoms with Gasteiger partial charge in [0.25, 0.3) is 11.8 Å². The van der Waals surface area contributed by atoms with Crippen LogP contribution in [0.15, 0.2) is 24.4 Å². The number of morpholine rings is 1. The fourth-order valence-corrected chi connectivity index (χ4v) is 1.58. The summed E-state index contributed by atoms with van der Waals surface area (Å²) in [6.45, 7) is -0.356. The van der Waals surface area contributed by atoms with Crippen LogP contribution in [0.3, 0.4) is 0 Å². The number of carbonyl (C=O) groups excluding carboxylic acids is 2. The second kappa shape index (κ2) is 5.40. The number of aliphatic carboxylic acids is 1. The third-order valence-electron chi connectivity index (χ3n) is 2.37. The lowest BCUT2D eigenvalue weighted by molar-refractivity contribution is -0.138. The summed E-state index contributed by atoms with van der Waals surface area (Å²) < 4.78 is 4.79. The minimum atomic E-state index is -1.09. The molecule has 2 rings (SSSR count). The molecule has 7 nitrogen and oxygen atoms in total. The summed E-state index contributed by atoms with van der Waals surface area (Å²) in [5.74, 6) is -1.92. The molecule has 1 aromatic rings. The van der Waals surface area contributed by atoms with Gasteiger partial charge in [-0.25, -0.2) is 14.7 Å². The molecular formula is C12H10N2O5. The maximum Gasteiger partial charge on any atom is 0.328 e. The molecule has 0 aromatic carbocycles. The van der Waals surface area contributed by atoms with Gasteiger partial charge in [0, 0.05) is 12.3 Å². The number of carboxylic acids is 1. The predicted molar refractivity (Wildman–Crippen MR) is 64.2 cm³/mol. The van der Waals surface area contributed by atoms with Crippen LogP contribution in [0.4, 0.5) is 5.82 Å². The maximum atomic E-state index is 11.6. The van der Waals surface area contributed by atoms with Crippen molar-refractivity contribution in [1.29, 1.82) is 0 Å². The van der Waals surface area contributed by atoms with Gasteiger partial charge in [0.1, 0.15) is 19.0 Å². The van der Waals surface area contributed by atoms with Crippen molar-refractivity contribution in [3.05, 3.63) is 30.0 Å². The molecule has 0 atom stereocenters.